The number of hydrazine groups is 1. The van der Waals surface area contributed by atoms with Crippen molar-refractivity contribution in [2.45, 2.75) is 0 Å². The van der Waals surface area contributed by atoms with Gasteiger partial charge >= 0.3 is 8.53 Å². The lowest BCUT2D eigenvalue weighted by molar-refractivity contribution is 0.552. The molecule has 0 spiro atoms. The van der Waals surface area contributed by atoms with Gasteiger partial charge in [-0.15, -0.1) is 5.20 Å². The lowest BCUT2D eigenvalue weighted by atomic mass is 10.2. The van der Waals surface area contributed by atoms with Crippen LogP contribution in [0, 0.1) is 0 Å². The largest absolute Gasteiger partial charge is 0.422 e. The third kappa shape index (κ3) is 3.00. The predicted molar refractivity (Wildman–Crippen MR) is 92.8 cm³/mol. The van der Waals surface area contributed by atoms with E-state index >= 15 is 0 Å². The molecule has 0 bridgehead atoms. The van der Waals surface area contributed by atoms with E-state index in [0.717, 1.165) is 22.9 Å². The Morgan fingerprint density at radius 3 is 1.52 bits per heavy atom. The summed E-state index contributed by atoms with van der Waals surface area (Å²) in [6.45, 7) is 0. The lowest BCUT2D eigenvalue weighted by Gasteiger charge is -2.26. The van der Waals surface area contributed by atoms with E-state index in [9.17, 15) is 0 Å². The zero-order valence-electron chi connectivity index (χ0n) is 12.3. The van der Waals surface area contributed by atoms with Crippen LogP contribution < -0.4 is 19.3 Å². The molecule has 0 amide bonds. The SMILES string of the molecule is c1ccc(N(NP2Oc3ccccc3O2)c2ccccc2)cc1. The molecule has 0 unspecified atom stereocenters. The van der Waals surface area contributed by atoms with Crippen LogP contribution >= 0.6 is 8.53 Å². The molecule has 4 rings (SSSR count). The first-order chi connectivity index (χ1) is 11.4. The van der Waals surface area contributed by atoms with Crippen molar-refractivity contribution in [2.75, 3.05) is 5.01 Å². The maximum Gasteiger partial charge on any atom is 0.401 e. The summed E-state index contributed by atoms with van der Waals surface area (Å²) in [7, 11) is -1.28. The molecule has 3 aromatic rings. The van der Waals surface area contributed by atoms with Crippen molar-refractivity contribution in [3.63, 3.8) is 0 Å². The Kier molecular flexibility index (Phi) is 3.85. The third-order valence-corrected chi connectivity index (χ3v) is 4.51. The summed E-state index contributed by atoms with van der Waals surface area (Å²) < 4.78 is 11.7. The average molecular weight is 322 g/mol. The monoisotopic (exact) mass is 322 g/mol. The second-order valence-corrected chi connectivity index (χ2v) is 6.07. The van der Waals surface area contributed by atoms with Gasteiger partial charge in [0.2, 0.25) is 0 Å². The molecule has 0 saturated heterocycles. The van der Waals surface area contributed by atoms with Crippen LogP contribution in [0.5, 0.6) is 11.5 Å². The first-order valence-corrected chi connectivity index (χ1v) is 8.49. The van der Waals surface area contributed by atoms with Gasteiger partial charge in [-0.1, -0.05) is 48.5 Å². The van der Waals surface area contributed by atoms with Gasteiger partial charge in [0.1, 0.15) is 0 Å². The molecule has 0 atom stereocenters. The molecule has 0 aromatic heterocycles. The van der Waals surface area contributed by atoms with Crippen molar-refractivity contribution in [2.24, 2.45) is 0 Å². The van der Waals surface area contributed by atoms with E-state index < -0.39 is 8.53 Å². The summed E-state index contributed by atoms with van der Waals surface area (Å²) in [5, 5.41) is 5.33. The van der Waals surface area contributed by atoms with Crippen LogP contribution in [-0.4, -0.2) is 0 Å². The van der Waals surface area contributed by atoms with Crippen LogP contribution in [0.15, 0.2) is 84.9 Å². The maximum atomic E-state index is 5.87. The van der Waals surface area contributed by atoms with Crippen molar-refractivity contribution in [3.05, 3.63) is 84.9 Å². The number of anilines is 2. The fraction of sp³-hybridized carbons (Fsp3) is 0. The number of benzene rings is 3. The molecular formula is C18H15N2O2P. The van der Waals surface area contributed by atoms with Gasteiger partial charge in [0, 0.05) is 0 Å². The molecule has 0 aliphatic carbocycles. The second kappa shape index (κ2) is 6.29. The zero-order chi connectivity index (χ0) is 15.5. The van der Waals surface area contributed by atoms with Gasteiger partial charge in [-0.25, -0.2) is 0 Å². The Hall–Kier alpha value is -2.55. The van der Waals surface area contributed by atoms with Crippen LogP contribution in [0.4, 0.5) is 11.4 Å². The highest BCUT2D eigenvalue weighted by molar-refractivity contribution is 7.46. The Labute approximate surface area is 136 Å². The number of nitrogens with zero attached hydrogens (tertiary/aromatic N) is 1. The smallest absolute Gasteiger partial charge is 0.401 e. The molecule has 1 aliphatic heterocycles. The van der Waals surface area contributed by atoms with Crippen molar-refractivity contribution in [3.8, 4) is 11.5 Å². The van der Waals surface area contributed by atoms with E-state index in [-0.39, 0.29) is 0 Å². The minimum atomic E-state index is -1.28. The zero-order valence-corrected chi connectivity index (χ0v) is 13.2. The number of hydrogen-bond donors (Lipinski definition) is 1. The van der Waals surface area contributed by atoms with Crippen LogP contribution in [0.2, 0.25) is 0 Å². The Morgan fingerprint density at radius 2 is 1.04 bits per heavy atom. The molecule has 114 valence electrons. The minimum absolute atomic E-state index is 0.771. The van der Waals surface area contributed by atoms with Crippen molar-refractivity contribution in [1.82, 2.24) is 5.20 Å². The fourth-order valence-electron chi connectivity index (χ4n) is 2.34. The van der Waals surface area contributed by atoms with Gasteiger partial charge in [-0.2, -0.15) is 0 Å². The van der Waals surface area contributed by atoms with E-state index in [0.29, 0.717) is 0 Å². The fourth-order valence-corrected chi connectivity index (χ4v) is 3.51. The molecular weight excluding hydrogens is 307 g/mol. The number of hydrogen-bond acceptors (Lipinski definition) is 4. The normalized spacial score (nSPS) is 13.0. The highest BCUT2D eigenvalue weighted by Gasteiger charge is 2.28. The summed E-state index contributed by atoms with van der Waals surface area (Å²) in [6, 6.07) is 27.9. The van der Waals surface area contributed by atoms with Gasteiger partial charge < -0.3 is 9.05 Å². The average Bonchev–Trinajstić information content (AvgIpc) is 3.04. The summed E-state index contributed by atoms with van der Waals surface area (Å²) in [4.78, 5) is 0. The molecule has 0 fully saturated rings. The minimum Gasteiger partial charge on any atom is -0.422 e. The first kappa shape index (κ1) is 14.1. The molecule has 3 aromatic carbocycles. The number of rotatable bonds is 4. The van der Waals surface area contributed by atoms with Crippen LogP contribution in [0.1, 0.15) is 0 Å². The van der Waals surface area contributed by atoms with E-state index in [1.54, 1.807) is 0 Å². The summed E-state index contributed by atoms with van der Waals surface area (Å²) in [6.07, 6.45) is 0. The second-order valence-electron chi connectivity index (χ2n) is 4.99. The Bertz CT molecular complexity index is 719. The van der Waals surface area contributed by atoms with Crippen LogP contribution in [0.3, 0.4) is 0 Å². The molecule has 23 heavy (non-hydrogen) atoms. The van der Waals surface area contributed by atoms with Crippen molar-refractivity contribution < 1.29 is 9.05 Å². The molecule has 5 heteroatoms. The van der Waals surface area contributed by atoms with Gasteiger partial charge in [0.05, 0.1) is 11.4 Å². The molecule has 1 N–H and O–H groups in total. The standard InChI is InChI=1S/C18H15N2O2P/c1-3-9-15(10-4-1)20(16-11-5-2-6-12-16)19-23-21-17-13-7-8-14-18(17)22-23/h1-14,19H. The van der Waals surface area contributed by atoms with Crippen LogP contribution in [0.25, 0.3) is 0 Å². The lowest BCUT2D eigenvalue weighted by Crippen LogP contribution is -2.31. The first-order valence-electron chi connectivity index (χ1n) is 7.32. The number of para-hydroxylation sites is 4. The maximum absolute atomic E-state index is 5.87. The number of fused-ring (bicyclic) bond motifs is 1. The van der Waals surface area contributed by atoms with E-state index in [2.05, 4.69) is 5.20 Å². The van der Waals surface area contributed by atoms with Gasteiger partial charge in [0.15, 0.2) is 11.5 Å². The Balaban J connectivity index is 1.60. The highest BCUT2D eigenvalue weighted by Crippen LogP contribution is 2.50. The third-order valence-electron chi connectivity index (χ3n) is 3.42. The number of nitrogens with one attached hydrogen (secondary N) is 1. The molecule has 1 heterocycles. The topological polar surface area (TPSA) is 33.7 Å². The quantitative estimate of drug-likeness (QED) is 0.540. The summed E-state index contributed by atoms with van der Waals surface area (Å²) in [5.74, 6) is 1.54. The molecule has 4 nitrogen and oxygen atoms in total. The summed E-state index contributed by atoms with van der Waals surface area (Å²) >= 11 is 0. The van der Waals surface area contributed by atoms with Crippen LogP contribution in [-0.2, 0) is 0 Å². The Morgan fingerprint density at radius 1 is 0.609 bits per heavy atom. The van der Waals surface area contributed by atoms with Crippen molar-refractivity contribution >= 4 is 19.9 Å². The van der Waals surface area contributed by atoms with Gasteiger partial charge in [-0.3, -0.25) is 5.01 Å². The van der Waals surface area contributed by atoms with E-state index in [1.807, 2.05) is 89.9 Å². The molecule has 1 aliphatic rings. The summed E-state index contributed by atoms with van der Waals surface area (Å²) in [5.41, 5.74) is 2.04. The van der Waals surface area contributed by atoms with Crippen molar-refractivity contribution in [1.29, 1.82) is 0 Å². The van der Waals surface area contributed by atoms with Gasteiger partial charge in [-0.05, 0) is 36.4 Å². The highest BCUT2D eigenvalue weighted by atomic mass is 31.2. The van der Waals surface area contributed by atoms with Gasteiger partial charge in [0.25, 0.3) is 0 Å². The molecule has 0 saturated carbocycles. The van der Waals surface area contributed by atoms with E-state index in [4.69, 9.17) is 9.05 Å². The van der Waals surface area contributed by atoms with E-state index in [1.165, 1.54) is 0 Å². The molecule has 0 radical (unpaired) electrons. The predicted octanol–water partition coefficient (Wildman–Crippen LogP) is 5.03.